The quantitative estimate of drug-likeness (QED) is 0.689. The van der Waals surface area contributed by atoms with Crippen LogP contribution in [-0.2, 0) is 4.74 Å². The summed E-state index contributed by atoms with van der Waals surface area (Å²) in [4.78, 5) is 11.4. The van der Waals surface area contributed by atoms with Gasteiger partial charge in [-0.25, -0.2) is 4.79 Å². The van der Waals surface area contributed by atoms with E-state index in [1.54, 1.807) is 0 Å². The van der Waals surface area contributed by atoms with Crippen LogP contribution in [0.15, 0.2) is 0 Å². The van der Waals surface area contributed by atoms with Gasteiger partial charge >= 0.3 is 6.09 Å². The number of nitrogens with one attached hydrogen (secondary N) is 2. The second kappa shape index (κ2) is 6.41. The minimum atomic E-state index is -0.420. The molecule has 18 heavy (non-hydrogen) atoms. The van der Waals surface area contributed by atoms with Crippen molar-refractivity contribution in [3.63, 3.8) is 0 Å². The van der Waals surface area contributed by atoms with Crippen molar-refractivity contribution in [3.05, 3.63) is 0 Å². The molecule has 0 radical (unpaired) electrons. The molecule has 0 bridgehead atoms. The first-order valence-corrected chi connectivity index (χ1v) is 7.04. The molecule has 0 aromatic heterocycles. The van der Waals surface area contributed by atoms with Crippen molar-refractivity contribution in [1.82, 2.24) is 10.6 Å². The van der Waals surface area contributed by atoms with Crippen molar-refractivity contribution >= 4 is 6.09 Å². The number of hydrogen-bond acceptors (Lipinski definition) is 3. The standard InChI is InChI=1S/C14H28N2O2/c1-5-6-14(7-8-14)11-15-9-10-16-12(17)18-13(2,3)4/h15H,5-11H2,1-4H3,(H,16,17). The summed E-state index contributed by atoms with van der Waals surface area (Å²) in [6.45, 7) is 10.4. The molecular weight excluding hydrogens is 228 g/mol. The van der Waals surface area contributed by atoms with Crippen LogP contribution in [-0.4, -0.2) is 31.3 Å². The fourth-order valence-electron chi connectivity index (χ4n) is 2.14. The molecule has 1 aliphatic rings. The number of carbonyl (C=O) groups excluding carboxylic acids is 1. The molecule has 106 valence electrons. The summed E-state index contributed by atoms with van der Waals surface area (Å²) in [6.07, 6.45) is 4.96. The highest BCUT2D eigenvalue weighted by Crippen LogP contribution is 2.48. The van der Waals surface area contributed by atoms with Crippen molar-refractivity contribution < 1.29 is 9.53 Å². The van der Waals surface area contributed by atoms with Crippen LogP contribution in [0.3, 0.4) is 0 Å². The van der Waals surface area contributed by atoms with Crippen LogP contribution < -0.4 is 10.6 Å². The molecule has 0 aliphatic heterocycles. The molecule has 1 fully saturated rings. The summed E-state index contributed by atoms with van der Waals surface area (Å²) in [5.74, 6) is 0. The molecule has 4 heteroatoms. The summed E-state index contributed by atoms with van der Waals surface area (Å²) in [6, 6.07) is 0. The number of rotatable bonds is 7. The lowest BCUT2D eigenvalue weighted by molar-refractivity contribution is 0.0528. The van der Waals surface area contributed by atoms with E-state index >= 15 is 0 Å². The maximum Gasteiger partial charge on any atom is 0.407 e. The van der Waals surface area contributed by atoms with Crippen LogP contribution in [0.2, 0.25) is 0 Å². The predicted octanol–water partition coefficient (Wildman–Crippen LogP) is 2.68. The molecule has 1 saturated carbocycles. The number of alkyl carbamates (subject to hydrolysis) is 1. The van der Waals surface area contributed by atoms with Gasteiger partial charge in [0.2, 0.25) is 0 Å². The van der Waals surface area contributed by atoms with E-state index in [1.807, 2.05) is 20.8 Å². The molecule has 0 aromatic rings. The van der Waals surface area contributed by atoms with Crippen LogP contribution in [0.5, 0.6) is 0 Å². The third kappa shape index (κ3) is 6.24. The minimum absolute atomic E-state index is 0.334. The zero-order valence-electron chi connectivity index (χ0n) is 12.3. The van der Waals surface area contributed by atoms with Crippen molar-refractivity contribution in [3.8, 4) is 0 Å². The van der Waals surface area contributed by atoms with Crippen LogP contribution in [0.1, 0.15) is 53.4 Å². The van der Waals surface area contributed by atoms with Gasteiger partial charge in [-0.1, -0.05) is 13.3 Å². The van der Waals surface area contributed by atoms with Gasteiger partial charge in [0.1, 0.15) is 5.60 Å². The molecule has 2 N–H and O–H groups in total. The normalized spacial score (nSPS) is 17.3. The molecule has 0 spiro atoms. The Bertz CT molecular complexity index is 267. The van der Waals surface area contributed by atoms with E-state index in [9.17, 15) is 4.79 Å². The third-order valence-electron chi connectivity index (χ3n) is 3.21. The van der Waals surface area contributed by atoms with Gasteiger partial charge in [0, 0.05) is 19.6 Å². The number of amides is 1. The van der Waals surface area contributed by atoms with E-state index in [1.165, 1.54) is 25.7 Å². The van der Waals surface area contributed by atoms with E-state index < -0.39 is 5.60 Å². The predicted molar refractivity (Wildman–Crippen MR) is 73.7 cm³/mol. The fourth-order valence-corrected chi connectivity index (χ4v) is 2.14. The minimum Gasteiger partial charge on any atom is -0.444 e. The van der Waals surface area contributed by atoms with Crippen LogP contribution in [0.25, 0.3) is 0 Å². The van der Waals surface area contributed by atoms with E-state index in [0.717, 1.165) is 13.1 Å². The van der Waals surface area contributed by atoms with E-state index in [4.69, 9.17) is 4.74 Å². The zero-order chi connectivity index (χ0) is 13.6. The third-order valence-corrected chi connectivity index (χ3v) is 3.21. The first-order valence-electron chi connectivity index (χ1n) is 7.04. The van der Waals surface area contributed by atoms with Gasteiger partial charge in [-0.05, 0) is 45.4 Å². The van der Waals surface area contributed by atoms with Gasteiger partial charge in [0.25, 0.3) is 0 Å². The maximum atomic E-state index is 11.4. The lowest BCUT2D eigenvalue weighted by Crippen LogP contribution is -2.37. The summed E-state index contributed by atoms with van der Waals surface area (Å²) >= 11 is 0. The number of hydrogen-bond donors (Lipinski definition) is 2. The molecule has 0 unspecified atom stereocenters. The Labute approximate surface area is 111 Å². The van der Waals surface area contributed by atoms with Gasteiger partial charge in [-0.15, -0.1) is 0 Å². The molecular formula is C14H28N2O2. The Morgan fingerprint density at radius 1 is 1.28 bits per heavy atom. The molecule has 4 nitrogen and oxygen atoms in total. The average Bonchev–Trinajstić information content (AvgIpc) is 2.95. The molecule has 1 amide bonds. The van der Waals surface area contributed by atoms with E-state index in [0.29, 0.717) is 12.0 Å². The number of carbonyl (C=O) groups is 1. The van der Waals surface area contributed by atoms with Gasteiger partial charge in [0.05, 0.1) is 0 Å². The molecule has 0 aromatic carbocycles. The fraction of sp³-hybridized carbons (Fsp3) is 0.929. The highest BCUT2D eigenvalue weighted by molar-refractivity contribution is 5.67. The Morgan fingerprint density at radius 3 is 2.44 bits per heavy atom. The van der Waals surface area contributed by atoms with Crippen LogP contribution in [0, 0.1) is 5.41 Å². The van der Waals surface area contributed by atoms with E-state index in [2.05, 4.69) is 17.6 Å². The van der Waals surface area contributed by atoms with Gasteiger partial charge in [-0.3, -0.25) is 0 Å². The average molecular weight is 256 g/mol. The van der Waals surface area contributed by atoms with Crippen molar-refractivity contribution in [2.75, 3.05) is 19.6 Å². The van der Waals surface area contributed by atoms with Crippen molar-refractivity contribution in [2.45, 2.75) is 59.0 Å². The topological polar surface area (TPSA) is 50.4 Å². The van der Waals surface area contributed by atoms with Gasteiger partial charge in [-0.2, -0.15) is 0 Å². The molecule has 0 saturated heterocycles. The first kappa shape index (κ1) is 15.3. The van der Waals surface area contributed by atoms with Gasteiger partial charge in [0.15, 0.2) is 0 Å². The Hall–Kier alpha value is -0.770. The summed E-state index contributed by atoms with van der Waals surface area (Å²) < 4.78 is 5.16. The summed E-state index contributed by atoms with van der Waals surface area (Å²) in [7, 11) is 0. The zero-order valence-corrected chi connectivity index (χ0v) is 12.3. The summed E-state index contributed by atoms with van der Waals surface area (Å²) in [5.41, 5.74) is 0.150. The number of ether oxygens (including phenoxy) is 1. The monoisotopic (exact) mass is 256 g/mol. The highest BCUT2D eigenvalue weighted by Gasteiger charge is 2.40. The Balaban J connectivity index is 2.00. The highest BCUT2D eigenvalue weighted by atomic mass is 16.6. The first-order chi connectivity index (χ1) is 8.37. The lowest BCUT2D eigenvalue weighted by Gasteiger charge is -2.20. The lowest BCUT2D eigenvalue weighted by atomic mass is 10.0. The summed E-state index contributed by atoms with van der Waals surface area (Å²) in [5, 5.41) is 6.18. The molecule has 1 rings (SSSR count). The van der Waals surface area contributed by atoms with Crippen LogP contribution >= 0.6 is 0 Å². The van der Waals surface area contributed by atoms with Gasteiger partial charge < -0.3 is 15.4 Å². The van der Waals surface area contributed by atoms with Crippen molar-refractivity contribution in [2.24, 2.45) is 5.41 Å². The van der Waals surface area contributed by atoms with E-state index in [-0.39, 0.29) is 6.09 Å². The Morgan fingerprint density at radius 2 is 1.94 bits per heavy atom. The largest absolute Gasteiger partial charge is 0.444 e. The molecule has 1 aliphatic carbocycles. The smallest absolute Gasteiger partial charge is 0.407 e. The Kier molecular flexibility index (Phi) is 5.45. The van der Waals surface area contributed by atoms with Crippen molar-refractivity contribution in [1.29, 1.82) is 0 Å². The second-order valence-electron chi connectivity index (χ2n) is 6.36. The molecule has 0 heterocycles. The van der Waals surface area contributed by atoms with Crippen LogP contribution in [0.4, 0.5) is 4.79 Å². The molecule has 0 atom stereocenters. The second-order valence-corrected chi connectivity index (χ2v) is 6.36. The maximum absolute atomic E-state index is 11.4. The SMILES string of the molecule is CCCC1(CNCCNC(=O)OC(C)(C)C)CC1.